The Kier molecular flexibility index (Phi) is 4.30. The molecule has 0 aliphatic heterocycles. The van der Waals surface area contributed by atoms with Crippen LogP contribution in [0.5, 0.6) is 0 Å². The fraction of sp³-hybridized carbons (Fsp3) is 0.0714. The van der Waals surface area contributed by atoms with Gasteiger partial charge in [0, 0.05) is 21.8 Å². The molecule has 102 valence electrons. The second kappa shape index (κ2) is 5.97. The van der Waals surface area contributed by atoms with Crippen molar-refractivity contribution in [1.29, 1.82) is 5.26 Å². The van der Waals surface area contributed by atoms with E-state index in [9.17, 15) is 13.2 Å². The highest BCUT2D eigenvalue weighted by Gasteiger charge is 2.19. The maximum absolute atomic E-state index is 13.7. The van der Waals surface area contributed by atoms with Crippen molar-refractivity contribution in [3.63, 3.8) is 0 Å². The molecule has 0 fully saturated rings. The van der Waals surface area contributed by atoms with Gasteiger partial charge in [-0.05, 0) is 34.1 Å². The molecule has 2 nitrogen and oxygen atoms in total. The molecule has 0 aliphatic rings. The highest BCUT2D eigenvalue weighted by atomic mass is 79.9. The van der Waals surface area contributed by atoms with Crippen molar-refractivity contribution >= 4 is 21.6 Å². The Morgan fingerprint density at radius 3 is 2.35 bits per heavy atom. The van der Waals surface area contributed by atoms with Crippen molar-refractivity contribution in [3.8, 4) is 6.07 Å². The first-order valence-electron chi connectivity index (χ1n) is 5.58. The van der Waals surface area contributed by atoms with Crippen LogP contribution in [0.3, 0.4) is 0 Å². The molecule has 0 amide bonds. The van der Waals surface area contributed by atoms with Gasteiger partial charge in [-0.3, -0.25) is 0 Å². The fourth-order valence-electron chi connectivity index (χ4n) is 1.67. The van der Waals surface area contributed by atoms with Crippen LogP contribution in [-0.2, 0) is 0 Å². The lowest BCUT2D eigenvalue weighted by molar-refractivity contribution is 0.489. The fourth-order valence-corrected chi connectivity index (χ4v) is 2.07. The van der Waals surface area contributed by atoms with Crippen molar-refractivity contribution < 1.29 is 13.2 Å². The molecule has 20 heavy (non-hydrogen) atoms. The summed E-state index contributed by atoms with van der Waals surface area (Å²) < 4.78 is 40.4. The van der Waals surface area contributed by atoms with Gasteiger partial charge in [-0.1, -0.05) is 12.1 Å². The second-order valence-electron chi connectivity index (χ2n) is 3.97. The molecule has 0 spiro atoms. The first-order valence-corrected chi connectivity index (χ1v) is 6.37. The Morgan fingerprint density at radius 1 is 1.05 bits per heavy atom. The minimum atomic E-state index is -1.29. The van der Waals surface area contributed by atoms with E-state index in [1.165, 1.54) is 0 Å². The number of hydrogen-bond donors (Lipinski definition) is 1. The summed E-state index contributed by atoms with van der Waals surface area (Å²) in [6.07, 6.45) is 0. The van der Waals surface area contributed by atoms with E-state index in [0.717, 1.165) is 0 Å². The molecule has 0 saturated heterocycles. The zero-order valence-corrected chi connectivity index (χ0v) is 11.6. The van der Waals surface area contributed by atoms with Gasteiger partial charge >= 0.3 is 0 Å². The van der Waals surface area contributed by atoms with Crippen LogP contribution in [-0.4, -0.2) is 0 Å². The lowest BCUT2D eigenvalue weighted by atomic mass is 10.1. The van der Waals surface area contributed by atoms with E-state index in [-0.39, 0.29) is 5.56 Å². The molecule has 1 unspecified atom stereocenters. The molecule has 0 heterocycles. The van der Waals surface area contributed by atoms with Crippen LogP contribution in [0.4, 0.5) is 18.9 Å². The quantitative estimate of drug-likeness (QED) is 0.832. The maximum atomic E-state index is 13.7. The normalized spacial score (nSPS) is 11.8. The minimum Gasteiger partial charge on any atom is -0.365 e. The summed E-state index contributed by atoms with van der Waals surface area (Å²) in [6.45, 7) is 0. The first-order chi connectivity index (χ1) is 9.52. The molecule has 0 radical (unpaired) electrons. The second-order valence-corrected chi connectivity index (χ2v) is 4.83. The summed E-state index contributed by atoms with van der Waals surface area (Å²) in [4.78, 5) is 0. The number of nitrogens with zero attached hydrogens (tertiary/aromatic N) is 1. The molecule has 6 heteroatoms. The number of halogens is 4. The maximum Gasteiger partial charge on any atom is 0.161 e. The highest BCUT2D eigenvalue weighted by Crippen LogP contribution is 2.28. The Morgan fingerprint density at radius 2 is 1.70 bits per heavy atom. The SMILES string of the molecule is N#CC(Nc1ccccc1Br)c1cc(F)c(F)cc1F. The van der Waals surface area contributed by atoms with Crippen molar-refractivity contribution in [2.75, 3.05) is 5.32 Å². The Balaban J connectivity index is 2.37. The first kappa shape index (κ1) is 14.4. The Labute approximate surface area is 122 Å². The Hall–Kier alpha value is -2.00. The molecule has 0 aliphatic carbocycles. The molecular weight excluding hydrogens is 333 g/mol. The summed E-state index contributed by atoms with van der Waals surface area (Å²) in [5.74, 6) is -3.46. The minimum absolute atomic E-state index is 0.248. The number of hydrogen-bond acceptors (Lipinski definition) is 2. The average molecular weight is 341 g/mol. The van der Waals surface area contributed by atoms with Gasteiger partial charge in [-0.25, -0.2) is 13.2 Å². The predicted molar refractivity (Wildman–Crippen MR) is 72.4 cm³/mol. The molecule has 1 atom stereocenters. The summed E-state index contributed by atoms with van der Waals surface area (Å²) in [5, 5.41) is 11.9. The number of anilines is 1. The van der Waals surface area contributed by atoms with E-state index in [1.807, 2.05) is 6.07 Å². The summed E-state index contributed by atoms with van der Waals surface area (Å²) in [5.41, 5.74) is 0.297. The van der Waals surface area contributed by atoms with Crippen molar-refractivity contribution in [2.24, 2.45) is 0 Å². The van der Waals surface area contributed by atoms with Gasteiger partial charge in [0.15, 0.2) is 11.6 Å². The van der Waals surface area contributed by atoms with Crippen LogP contribution in [0.25, 0.3) is 0 Å². The molecule has 2 rings (SSSR count). The van der Waals surface area contributed by atoms with E-state index in [1.54, 1.807) is 24.3 Å². The molecule has 1 N–H and O–H groups in total. The standard InChI is InChI=1S/C14H8BrF3N2/c15-9-3-1-2-4-13(9)20-14(7-19)8-5-11(17)12(18)6-10(8)16/h1-6,14,20H. The monoisotopic (exact) mass is 340 g/mol. The van der Waals surface area contributed by atoms with E-state index in [4.69, 9.17) is 5.26 Å². The van der Waals surface area contributed by atoms with Gasteiger partial charge in [-0.2, -0.15) is 5.26 Å². The van der Waals surface area contributed by atoms with Crippen LogP contribution in [0, 0.1) is 28.8 Å². The summed E-state index contributed by atoms with van der Waals surface area (Å²) in [6, 6.07) is 8.70. The van der Waals surface area contributed by atoms with E-state index >= 15 is 0 Å². The summed E-state index contributed by atoms with van der Waals surface area (Å²) >= 11 is 3.27. The summed E-state index contributed by atoms with van der Waals surface area (Å²) in [7, 11) is 0. The van der Waals surface area contributed by atoms with Crippen molar-refractivity contribution in [3.05, 3.63) is 63.9 Å². The molecule has 0 saturated carbocycles. The zero-order valence-electron chi connectivity index (χ0n) is 10.0. The third kappa shape index (κ3) is 2.94. The lowest BCUT2D eigenvalue weighted by Gasteiger charge is -2.15. The van der Waals surface area contributed by atoms with Gasteiger partial charge in [0.05, 0.1) is 6.07 Å². The number of rotatable bonds is 3. The lowest BCUT2D eigenvalue weighted by Crippen LogP contribution is -2.11. The van der Waals surface area contributed by atoms with Gasteiger partial charge in [0.1, 0.15) is 11.9 Å². The van der Waals surface area contributed by atoms with Crippen LogP contribution in [0.2, 0.25) is 0 Å². The third-order valence-electron chi connectivity index (χ3n) is 2.65. The number of nitriles is 1. The van der Waals surface area contributed by atoms with E-state index < -0.39 is 23.5 Å². The Bertz CT molecular complexity index is 683. The van der Waals surface area contributed by atoms with Crippen LogP contribution in [0.15, 0.2) is 40.9 Å². The smallest absolute Gasteiger partial charge is 0.161 e. The van der Waals surface area contributed by atoms with Crippen molar-refractivity contribution in [2.45, 2.75) is 6.04 Å². The molecule has 2 aromatic rings. The zero-order chi connectivity index (χ0) is 14.7. The molecule has 2 aromatic carbocycles. The van der Waals surface area contributed by atoms with Gasteiger partial charge in [0.2, 0.25) is 0 Å². The largest absolute Gasteiger partial charge is 0.365 e. The number of nitrogens with one attached hydrogen (secondary N) is 1. The average Bonchev–Trinajstić information content (AvgIpc) is 2.42. The number of benzene rings is 2. The van der Waals surface area contributed by atoms with Crippen LogP contribution < -0.4 is 5.32 Å². The van der Waals surface area contributed by atoms with Crippen LogP contribution >= 0.6 is 15.9 Å². The molecule has 0 aromatic heterocycles. The van der Waals surface area contributed by atoms with Crippen LogP contribution in [0.1, 0.15) is 11.6 Å². The highest BCUT2D eigenvalue weighted by molar-refractivity contribution is 9.10. The predicted octanol–water partition coefficient (Wildman–Crippen LogP) is 4.54. The van der Waals surface area contributed by atoms with Gasteiger partial charge in [-0.15, -0.1) is 0 Å². The number of para-hydroxylation sites is 1. The van der Waals surface area contributed by atoms with E-state index in [2.05, 4.69) is 21.2 Å². The molecule has 0 bridgehead atoms. The molecular formula is C14H8BrF3N2. The third-order valence-corrected chi connectivity index (χ3v) is 3.34. The topological polar surface area (TPSA) is 35.8 Å². The van der Waals surface area contributed by atoms with Crippen molar-refractivity contribution in [1.82, 2.24) is 0 Å². The van der Waals surface area contributed by atoms with Gasteiger partial charge < -0.3 is 5.32 Å². The van der Waals surface area contributed by atoms with E-state index in [0.29, 0.717) is 22.3 Å². The van der Waals surface area contributed by atoms with Gasteiger partial charge in [0.25, 0.3) is 0 Å².